The molecule has 52 heavy (non-hydrogen) atoms. The molecular weight excluding hydrogens is 631 g/mol. The molecule has 2 aromatic heterocycles. The van der Waals surface area contributed by atoms with Crippen molar-refractivity contribution in [3.8, 4) is 39.5 Å². The highest BCUT2D eigenvalue weighted by molar-refractivity contribution is 6.27. The molecule has 0 N–H and O–H groups in total. The van der Waals surface area contributed by atoms with E-state index in [4.69, 9.17) is 9.97 Å². The third-order valence-corrected chi connectivity index (χ3v) is 11.3. The topological polar surface area (TPSA) is 30.7 Å². The predicted octanol–water partition coefficient (Wildman–Crippen LogP) is 12.7. The molecule has 3 nitrogen and oxygen atoms in total. The van der Waals surface area contributed by atoms with Crippen molar-refractivity contribution in [3.05, 3.63) is 175 Å². The van der Waals surface area contributed by atoms with Gasteiger partial charge in [0.1, 0.15) is 0 Å². The van der Waals surface area contributed by atoms with E-state index in [0.29, 0.717) is 5.95 Å². The first-order chi connectivity index (χ1) is 25.6. The Labute approximate surface area is 301 Å². The molecule has 0 radical (unpaired) electrons. The first-order valence-electron chi connectivity index (χ1n) is 18.0. The molecule has 0 bridgehead atoms. The molecule has 11 rings (SSSR count). The van der Waals surface area contributed by atoms with Gasteiger partial charge in [-0.1, -0.05) is 153 Å². The molecule has 1 aliphatic carbocycles. The average molecular weight is 664 g/mol. The van der Waals surface area contributed by atoms with Crippen LogP contribution in [0.5, 0.6) is 0 Å². The minimum absolute atomic E-state index is 0.239. The maximum Gasteiger partial charge on any atom is 0.235 e. The zero-order chi connectivity index (χ0) is 34.6. The highest BCUT2D eigenvalue weighted by Crippen LogP contribution is 2.56. The molecular formula is C49H33N3. The van der Waals surface area contributed by atoms with Gasteiger partial charge in [-0.25, -0.2) is 9.97 Å². The van der Waals surface area contributed by atoms with Crippen LogP contribution in [-0.2, 0) is 5.41 Å². The summed E-state index contributed by atoms with van der Waals surface area (Å²) in [4.78, 5) is 10.9. The zero-order valence-corrected chi connectivity index (χ0v) is 28.9. The molecule has 0 fully saturated rings. The summed E-state index contributed by atoms with van der Waals surface area (Å²) in [5.74, 6) is 0.684. The van der Waals surface area contributed by atoms with Gasteiger partial charge in [0, 0.05) is 27.1 Å². The van der Waals surface area contributed by atoms with Crippen molar-refractivity contribution < 1.29 is 0 Å². The molecule has 1 aliphatic rings. The monoisotopic (exact) mass is 663 g/mol. The van der Waals surface area contributed by atoms with Crippen molar-refractivity contribution in [3.63, 3.8) is 0 Å². The van der Waals surface area contributed by atoms with E-state index in [1.807, 2.05) is 0 Å². The average Bonchev–Trinajstić information content (AvgIpc) is 3.66. The van der Waals surface area contributed by atoms with Crippen LogP contribution in [0.3, 0.4) is 0 Å². The van der Waals surface area contributed by atoms with Crippen LogP contribution in [-0.4, -0.2) is 14.5 Å². The second kappa shape index (κ2) is 10.7. The zero-order valence-electron chi connectivity index (χ0n) is 28.9. The van der Waals surface area contributed by atoms with Crippen molar-refractivity contribution in [2.24, 2.45) is 0 Å². The standard InChI is InChI=1S/C49H33N3/c1-49(2)40-21-11-8-18-37(40)43-35-16-6-7-17-36(35)44-39-20-10-13-23-42(39)52(47(44)45(43)49)48-50-41-22-12-9-19-38(41)46(51-48)34-27-26-32-28-31(24-25-33(32)29-34)30-14-4-3-5-15-30/h3-29H,1-2H3. The fraction of sp³-hybridized carbons (Fsp3) is 0.0612. The van der Waals surface area contributed by atoms with E-state index in [1.54, 1.807) is 0 Å². The fourth-order valence-electron chi connectivity index (χ4n) is 8.99. The number of benzene rings is 8. The van der Waals surface area contributed by atoms with Gasteiger partial charge in [0.05, 0.1) is 22.2 Å². The van der Waals surface area contributed by atoms with Gasteiger partial charge in [-0.15, -0.1) is 0 Å². The summed E-state index contributed by atoms with van der Waals surface area (Å²) in [5, 5.41) is 8.43. The first-order valence-corrected chi connectivity index (χ1v) is 18.0. The number of hydrogen-bond donors (Lipinski definition) is 0. The molecule has 0 unspecified atom stereocenters. The summed E-state index contributed by atoms with van der Waals surface area (Å²) in [6.07, 6.45) is 0. The van der Waals surface area contributed by atoms with E-state index in [1.165, 1.54) is 71.2 Å². The highest BCUT2D eigenvalue weighted by atomic mass is 15.2. The summed E-state index contributed by atoms with van der Waals surface area (Å²) in [7, 11) is 0. The van der Waals surface area contributed by atoms with Gasteiger partial charge in [0.15, 0.2) is 0 Å². The lowest BCUT2D eigenvalue weighted by molar-refractivity contribution is 0.664. The Bertz CT molecular complexity index is 3100. The van der Waals surface area contributed by atoms with E-state index < -0.39 is 0 Å². The van der Waals surface area contributed by atoms with Crippen LogP contribution in [0.2, 0.25) is 0 Å². The minimum atomic E-state index is -0.239. The molecule has 0 saturated heterocycles. The Morgan fingerprint density at radius 1 is 0.500 bits per heavy atom. The maximum atomic E-state index is 5.54. The molecule has 0 saturated carbocycles. The number of nitrogens with zero attached hydrogens (tertiary/aromatic N) is 3. The molecule has 3 heteroatoms. The number of fused-ring (bicyclic) bond motifs is 12. The lowest BCUT2D eigenvalue weighted by Gasteiger charge is -2.24. The number of rotatable bonds is 3. The molecule has 244 valence electrons. The molecule has 0 aliphatic heterocycles. The third-order valence-electron chi connectivity index (χ3n) is 11.3. The van der Waals surface area contributed by atoms with E-state index >= 15 is 0 Å². The maximum absolute atomic E-state index is 5.54. The third kappa shape index (κ3) is 4.02. The van der Waals surface area contributed by atoms with Gasteiger partial charge in [-0.05, 0) is 79.2 Å². The van der Waals surface area contributed by atoms with Crippen molar-refractivity contribution in [1.29, 1.82) is 0 Å². The first kappa shape index (κ1) is 29.2. The molecule has 8 aromatic carbocycles. The quantitative estimate of drug-likeness (QED) is 0.188. The molecule has 0 amide bonds. The number of hydrogen-bond acceptors (Lipinski definition) is 2. The van der Waals surface area contributed by atoms with E-state index in [0.717, 1.165) is 27.7 Å². The normalized spacial score (nSPS) is 13.3. The molecule has 2 heterocycles. The summed E-state index contributed by atoms with van der Waals surface area (Å²) < 4.78 is 2.35. The van der Waals surface area contributed by atoms with Crippen LogP contribution in [0.1, 0.15) is 25.0 Å². The van der Waals surface area contributed by atoms with Gasteiger partial charge in [0.2, 0.25) is 5.95 Å². The minimum Gasteiger partial charge on any atom is -0.278 e. The summed E-state index contributed by atoms with van der Waals surface area (Å²) in [6, 6.07) is 59.1. The summed E-state index contributed by atoms with van der Waals surface area (Å²) >= 11 is 0. The Morgan fingerprint density at radius 2 is 1.13 bits per heavy atom. The summed E-state index contributed by atoms with van der Waals surface area (Å²) in [5.41, 5.74) is 12.7. The second-order valence-electron chi connectivity index (χ2n) is 14.6. The predicted molar refractivity (Wildman–Crippen MR) is 217 cm³/mol. The SMILES string of the molecule is CC1(C)c2ccccc2-c2c1c1c(c3ccccc23)c2ccccc2n1-c1nc(-c2ccc3cc(-c4ccccc4)ccc3c2)c2ccccc2n1. The lowest BCUT2D eigenvalue weighted by Crippen LogP contribution is -2.17. The van der Waals surface area contributed by atoms with Crippen LogP contribution >= 0.6 is 0 Å². The van der Waals surface area contributed by atoms with Crippen molar-refractivity contribution in [2.45, 2.75) is 19.3 Å². The Kier molecular flexibility index (Phi) is 6.01. The smallest absolute Gasteiger partial charge is 0.235 e. The van der Waals surface area contributed by atoms with Gasteiger partial charge in [-0.3, -0.25) is 4.57 Å². The highest BCUT2D eigenvalue weighted by Gasteiger charge is 2.40. The van der Waals surface area contributed by atoms with Crippen LogP contribution < -0.4 is 0 Å². The van der Waals surface area contributed by atoms with Gasteiger partial charge in [0.25, 0.3) is 0 Å². The number of aromatic nitrogens is 3. The van der Waals surface area contributed by atoms with Crippen LogP contribution in [0.4, 0.5) is 0 Å². The van der Waals surface area contributed by atoms with E-state index in [-0.39, 0.29) is 5.41 Å². The Hall–Kier alpha value is -6.58. The Morgan fingerprint density at radius 3 is 1.96 bits per heavy atom. The second-order valence-corrected chi connectivity index (χ2v) is 14.6. The van der Waals surface area contributed by atoms with Crippen LogP contribution in [0.15, 0.2) is 164 Å². The number of para-hydroxylation sites is 2. The van der Waals surface area contributed by atoms with Gasteiger partial charge >= 0.3 is 0 Å². The van der Waals surface area contributed by atoms with Gasteiger partial charge < -0.3 is 0 Å². The van der Waals surface area contributed by atoms with Crippen LogP contribution in [0.25, 0.3) is 93.7 Å². The van der Waals surface area contributed by atoms with Crippen molar-refractivity contribution in [2.75, 3.05) is 0 Å². The van der Waals surface area contributed by atoms with Crippen molar-refractivity contribution in [1.82, 2.24) is 14.5 Å². The van der Waals surface area contributed by atoms with Crippen LogP contribution in [0, 0.1) is 0 Å². The van der Waals surface area contributed by atoms with E-state index in [9.17, 15) is 0 Å². The Balaban J connectivity index is 1.22. The lowest BCUT2D eigenvalue weighted by atomic mass is 9.80. The van der Waals surface area contributed by atoms with Gasteiger partial charge in [-0.2, -0.15) is 0 Å². The van der Waals surface area contributed by atoms with Crippen molar-refractivity contribution >= 4 is 54.3 Å². The molecule has 0 spiro atoms. The molecule has 0 atom stereocenters. The fourth-order valence-corrected chi connectivity index (χ4v) is 8.99. The summed E-state index contributed by atoms with van der Waals surface area (Å²) in [6.45, 7) is 4.75. The molecule has 10 aromatic rings. The van der Waals surface area contributed by atoms with E-state index in [2.05, 4.69) is 182 Å². The largest absolute Gasteiger partial charge is 0.278 e.